The molecule has 1 saturated carbocycles. The van der Waals surface area contributed by atoms with Gasteiger partial charge in [-0.25, -0.2) is 4.98 Å². The van der Waals surface area contributed by atoms with Crippen LogP contribution in [0, 0.1) is 5.92 Å². The Morgan fingerprint density at radius 1 is 1.22 bits per heavy atom. The van der Waals surface area contributed by atoms with Crippen LogP contribution in [0.4, 0.5) is 11.5 Å². The van der Waals surface area contributed by atoms with Crippen LogP contribution in [0.15, 0.2) is 12.3 Å². The number of nitrogens with two attached hydrogens (primary N) is 1. The van der Waals surface area contributed by atoms with E-state index in [0.29, 0.717) is 16.8 Å². The summed E-state index contributed by atoms with van der Waals surface area (Å²) in [5, 5.41) is 0.619. The number of aromatic nitrogens is 1. The molecule has 1 saturated heterocycles. The Balaban J connectivity index is 1.89. The number of pyridine rings is 1. The molecule has 18 heavy (non-hydrogen) atoms. The lowest BCUT2D eigenvalue weighted by atomic mass is 9.78. The van der Waals surface area contributed by atoms with E-state index in [9.17, 15) is 0 Å². The topological polar surface area (TPSA) is 42.1 Å². The first-order valence-corrected chi connectivity index (χ1v) is 7.31. The Morgan fingerprint density at radius 2 is 2.00 bits per heavy atom. The molecule has 2 heterocycles. The SMILES string of the molecule is Nc1cc(Cl)cnc1N1CCCC2CCCCC21. The third-order valence-corrected chi connectivity index (χ3v) is 4.58. The highest BCUT2D eigenvalue weighted by Crippen LogP contribution is 2.38. The summed E-state index contributed by atoms with van der Waals surface area (Å²) in [4.78, 5) is 6.89. The minimum Gasteiger partial charge on any atom is -0.396 e. The zero-order valence-electron chi connectivity index (χ0n) is 10.6. The van der Waals surface area contributed by atoms with E-state index >= 15 is 0 Å². The fraction of sp³-hybridized carbons (Fsp3) is 0.643. The van der Waals surface area contributed by atoms with E-state index < -0.39 is 0 Å². The lowest BCUT2D eigenvalue weighted by molar-refractivity contribution is 0.243. The fourth-order valence-electron chi connectivity index (χ4n) is 3.58. The molecule has 0 spiro atoms. The first-order chi connectivity index (χ1) is 8.75. The van der Waals surface area contributed by atoms with Gasteiger partial charge >= 0.3 is 0 Å². The van der Waals surface area contributed by atoms with Gasteiger partial charge in [-0.1, -0.05) is 24.4 Å². The maximum absolute atomic E-state index is 6.09. The van der Waals surface area contributed by atoms with Crippen LogP contribution < -0.4 is 10.6 Å². The van der Waals surface area contributed by atoms with Crippen LogP contribution in [0.3, 0.4) is 0 Å². The molecule has 0 bridgehead atoms. The molecule has 2 fully saturated rings. The van der Waals surface area contributed by atoms with Crippen molar-refractivity contribution in [3.05, 3.63) is 17.3 Å². The van der Waals surface area contributed by atoms with Crippen LogP contribution in [0.2, 0.25) is 5.02 Å². The molecule has 2 unspecified atom stereocenters. The summed E-state index contributed by atoms with van der Waals surface area (Å²) >= 11 is 5.93. The molecular weight excluding hydrogens is 246 g/mol. The number of nitrogen functional groups attached to an aromatic ring is 1. The van der Waals surface area contributed by atoms with E-state index in [1.807, 2.05) is 6.07 Å². The van der Waals surface area contributed by atoms with Gasteiger partial charge in [0.2, 0.25) is 0 Å². The zero-order valence-corrected chi connectivity index (χ0v) is 11.4. The van der Waals surface area contributed by atoms with Crippen molar-refractivity contribution < 1.29 is 0 Å². The Labute approximate surface area is 113 Å². The first kappa shape index (κ1) is 12.1. The number of fused-ring (bicyclic) bond motifs is 1. The van der Waals surface area contributed by atoms with Gasteiger partial charge in [-0.3, -0.25) is 0 Å². The third-order valence-electron chi connectivity index (χ3n) is 4.38. The fourth-order valence-corrected chi connectivity index (χ4v) is 3.74. The standard InChI is InChI=1S/C14H20ClN3/c15-11-8-12(16)14(17-9-11)18-7-3-5-10-4-1-2-6-13(10)18/h8-10,13H,1-7,16H2. The second-order valence-corrected chi connectivity index (χ2v) is 5.95. The van der Waals surface area contributed by atoms with Gasteiger partial charge in [-0.2, -0.15) is 0 Å². The summed E-state index contributed by atoms with van der Waals surface area (Å²) < 4.78 is 0. The zero-order chi connectivity index (χ0) is 12.5. The summed E-state index contributed by atoms with van der Waals surface area (Å²) in [6, 6.07) is 2.46. The van der Waals surface area contributed by atoms with Gasteiger partial charge in [0.15, 0.2) is 5.82 Å². The number of piperidine rings is 1. The summed E-state index contributed by atoms with van der Waals surface area (Å²) in [6.07, 6.45) is 9.71. The average molecular weight is 266 g/mol. The second-order valence-electron chi connectivity index (χ2n) is 5.51. The number of hydrogen-bond acceptors (Lipinski definition) is 3. The van der Waals surface area contributed by atoms with Gasteiger partial charge in [-0.15, -0.1) is 0 Å². The average Bonchev–Trinajstić information content (AvgIpc) is 2.38. The van der Waals surface area contributed by atoms with Gasteiger partial charge in [0, 0.05) is 18.8 Å². The predicted molar refractivity (Wildman–Crippen MR) is 76.0 cm³/mol. The minimum absolute atomic E-state index is 0.619. The highest BCUT2D eigenvalue weighted by Gasteiger charge is 2.34. The molecule has 4 heteroatoms. The largest absolute Gasteiger partial charge is 0.396 e. The molecule has 2 aliphatic rings. The van der Waals surface area contributed by atoms with Crippen LogP contribution >= 0.6 is 11.6 Å². The molecule has 1 aromatic rings. The monoisotopic (exact) mass is 265 g/mol. The highest BCUT2D eigenvalue weighted by molar-refractivity contribution is 6.30. The number of rotatable bonds is 1. The second kappa shape index (κ2) is 4.96. The van der Waals surface area contributed by atoms with Crippen molar-refractivity contribution in [1.29, 1.82) is 0 Å². The van der Waals surface area contributed by atoms with Gasteiger partial charge < -0.3 is 10.6 Å². The van der Waals surface area contributed by atoms with Crippen molar-refractivity contribution in [3.8, 4) is 0 Å². The Hall–Kier alpha value is -0.960. The first-order valence-electron chi connectivity index (χ1n) is 6.93. The molecule has 98 valence electrons. The minimum atomic E-state index is 0.619. The summed E-state index contributed by atoms with van der Waals surface area (Å²) in [7, 11) is 0. The van der Waals surface area contributed by atoms with Crippen molar-refractivity contribution in [2.75, 3.05) is 17.2 Å². The molecule has 1 aliphatic heterocycles. The molecule has 2 N–H and O–H groups in total. The van der Waals surface area contributed by atoms with Crippen molar-refractivity contribution >= 4 is 23.1 Å². The van der Waals surface area contributed by atoms with Crippen LogP contribution in [0.1, 0.15) is 38.5 Å². The quantitative estimate of drug-likeness (QED) is 0.845. The highest BCUT2D eigenvalue weighted by atomic mass is 35.5. The van der Waals surface area contributed by atoms with Crippen molar-refractivity contribution in [2.45, 2.75) is 44.6 Å². The Kier molecular flexibility index (Phi) is 3.33. The molecule has 2 atom stereocenters. The van der Waals surface area contributed by atoms with Crippen LogP contribution in [-0.2, 0) is 0 Å². The van der Waals surface area contributed by atoms with E-state index in [1.54, 1.807) is 6.20 Å². The molecule has 3 rings (SSSR count). The number of halogens is 1. The normalized spacial score (nSPS) is 27.9. The lowest BCUT2D eigenvalue weighted by Crippen LogP contribution is -2.47. The molecule has 1 aromatic heterocycles. The third kappa shape index (κ3) is 2.16. The van der Waals surface area contributed by atoms with Crippen molar-refractivity contribution in [3.63, 3.8) is 0 Å². The molecule has 1 aliphatic carbocycles. The van der Waals surface area contributed by atoms with E-state index in [-0.39, 0.29) is 0 Å². The maximum atomic E-state index is 6.09. The van der Waals surface area contributed by atoms with Crippen LogP contribution in [-0.4, -0.2) is 17.6 Å². The summed E-state index contributed by atoms with van der Waals surface area (Å²) in [5.74, 6) is 1.78. The molecule has 0 aromatic carbocycles. The summed E-state index contributed by atoms with van der Waals surface area (Å²) in [5.41, 5.74) is 6.80. The van der Waals surface area contributed by atoms with E-state index in [1.165, 1.54) is 38.5 Å². The van der Waals surface area contributed by atoms with Crippen LogP contribution in [0.25, 0.3) is 0 Å². The van der Waals surface area contributed by atoms with Gasteiger partial charge in [0.1, 0.15) is 0 Å². The van der Waals surface area contributed by atoms with Gasteiger partial charge in [0.05, 0.1) is 10.7 Å². The van der Waals surface area contributed by atoms with Gasteiger partial charge in [0.25, 0.3) is 0 Å². The molecular formula is C14H20ClN3. The van der Waals surface area contributed by atoms with Crippen molar-refractivity contribution in [1.82, 2.24) is 4.98 Å². The molecule has 0 amide bonds. The predicted octanol–water partition coefficient (Wildman–Crippen LogP) is 3.48. The van der Waals surface area contributed by atoms with E-state index in [0.717, 1.165) is 18.3 Å². The maximum Gasteiger partial charge on any atom is 0.152 e. The van der Waals surface area contributed by atoms with E-state index in [4.69, 9.17) is 17.3 Å². The number of anilines is 2. The van der Waals surface area contributed by atoms with Crippen molar-refractivity contribution in [2.24, 2.45) is 5.92 Å². The van der Waals surface area contributed by atoms with E-state index in [2.05, 4.69) is 9.88 Å². The Morgan fingerprint density at radius 3 is 2.83 bits per heavy atom. The van der Waals surface area contributed by atoms with Crippen LogP contribution in [0.5, 0.6) is 0 Å². The van der Waals surface area contributed by atoms with Gasteiger partial charge in [-0.05, 0) is 37.7 Å². The Bertz CT molecular complexity index is 433. The lowest BCUT2D eigenvalue weighted by Gasteiger charge is -2.45. The smallest absolute Gasteiger partial charge is 0.152 e. The molecule has 0 radical (unpaired) electrons. The molecule has 3 nitrogen and oxygen atoms in total. The number of nitrogens with zero attached hydrogens (tertiary/aromatic N) is 2. The number of hydrogen-bond donors (Lipinski definition) is 1. The summed E-state index contributed by atoms with van der Waals surface area (Å²) in [6.45, 7) is 1.08.